The van der Waals surface area contributed by atoms with E-state index >= 15 is 0 Å². The molecule has 5 nitrogen and oxygen atoms in total. The van der Waals surface area contributed by atoms with E-state index < -0.39 is 11.8 Å². The highest BCUT2D eigenvalue weighted by atomic mass is 16.6. The van der Waals surface area contributed by atoms with E-state index in [0.29, 0.717) is 11.7 Å². The first-order chi connectivity index (χ1) is 11.1. The van der Waals surface area contributed by atoms with Crippen molar-refractivity contribution in [2.45, 2.75) is 37.7 Å². The Morgan fingerprint density at radius 2 is 2.17 bits per heavy atom. The van der Waals surface area contributed by atoms with Crippen LogP contribution in [0.25, 0.3) is 0 Å². The van der Waals surface area contributed by atoms with Gasteiger partial charge in [0.25, 0.3) is 0 Å². The Bertz CT molecular complexity index is 691. The number of hydrogen-bond acceptors (Lipinski definition) is 4. The maximum Gasteiger partial charge on any atom is 0.233 e. The van der Waals surface area contributed by atoms with Gasteiger partial charge >= 0.3 is 0 Å². The van der Waals surface area contributed by atoms with Gasteiger partial charge < -0.3 is 14.6 Å². The number of benzene rings is 1. The SMILES string of the molecule is CC[C@]12O[C@@H]3[C@H](O)[C@H]4C[C@H]3[C@H]1[C@H]4C(=O)N2c1ccccc1OC. The van der Waals surface area contributed by atoms with Crippen molar-refractivity contribution in [2.75, 3.05) is 12.0 Å². The van der Waals surface area contributed by atoms with Crippen molar-refractivity contribution in [3.05, 3.63) is 24.3 Å². The predicted octanol–water partition coefficient (Wildman–Crippen LogP) is 1.79. The van der Waals surface area contributed by atoms with Gasteiger partial charge in [0.05, 0.1) is 30.9 Å². The Hall–Kier alpha value is -1.59. The fourth-order valence-electron chi connectivity index (χ4n) is 5.90. The first-order valence-electron chi connectivity index (χ1n) is 8.47. The molecule has 0 unspecified atom stereocenters. The average molecular weight is 315 g/mol. The molecule has 2 saturated carbocycles. The smallest absolute Gasteiger partial charge is 0.233 e. The minimum Gasteiger partial charge on any atom is -0.495 e. The van der Waals surface area contributed by atoms with Gasteiger partial charge in [0.1, 0.15) is 5.75 Å². The Kier molecular flexibility index (Phi) is 2.57. The van der Waals surface area contributed by atoms with Crippen LogP contribution in [0.5, 0.6) is 5.75 Å². The van der Waals surface area contributed by atoms with Crippen LogP contribution in [0.2, 0.25) is 0 Å². The summed E-state index contributed by atoms with van der Waals surface area (Å²) in [6.07, 6.45) is 1.05. The highest BCUT2D eigenvalue weighted by molar-refractivity contribution is 6.01. The molecule has 4 aliphatic rings. The van der Waals surface area contributed by atoms with Crippen molar-refractivity contribution in [1.82, 2.24) is 0 Å². The fraction of sp³-hybridized carbons (Fsp3) is 0.611. The molecule has 1 amide bonds. The number of aliphatic hydroxyl groups excluding tert-OH is 1. The van der Waals surface area contributed by atoms with Crippen LogP contribution in [0.1, 0.15) is 19.8 Å². The van der Waals surface area contributed by atoms with Crippen LogP contribution in [-0.2, 0) is 9.53 Å². The first-order valence-corrected chi connectivity index (χ1v) is 8.47. The maximum atomic E-state index is 13.3. The largest absolute Gasteiger partial charge is 0.495 e. The molecule has 4 fully saturated rings. The van der Waals surface area contributed by atoms with Crippen molar-refractivity contribution in [3.63, 3.8) is 0 Å². The Labute approximate surface area is 135 Å². The summed E-state index contributed by atoms with van der Waals surface area (Å²) in [5.74, 6) is 1.22. The van der Waals surface area contributed by atoms with E-state index in [-0.39, 0.29) is 29.8 Å². The molecule has 122 valence electrons. The summed E-state index contributed by atoms with van der Waals surface area (Å²) in [7, 11) is 1.62. The van der Waals surface area contributed by atoms with Crippen LogP contribution in [0, 0.1) is 23.7 Å². The summed E-state index contributed by atoms with van der Waals surface area (Å²) in [4.78, 5) is 15.1. The number of methoxy groups -OCH3 is 1. The lowest BCUT2D eigenvalue weighted by Gasteiger charge is -2.38. The lowest BCUT2D eigenvalue weighted by atomic mass is 9.76. The third-order valence-corrected chi connectivity index (χ3v) is 6.63. The van der Waals surface area contributed by atoms with Crippen LogP contribution >= 0.6 is 0 Å². The molecule has 1 aromatic rings. The van der Waals surface area contributed by atoms with Crippen molar-refractivity contribution in [1.29, 1.82) is 0 Å². The van der Waals surface area contributed by atoms with Crippen LogP contribution in [0.4, 0.5) is 5.69 Å². The number of para-hydroxylation sites is 2. The number of amides is 1. The number of anilines is 1. The van der Waals surface area contributed by atoms with Crippen molar-refractivity contribution >= 4 is 11.6 Å². The number of carbonyl (C=O) groups excluding carboxylic acids is 1. The topological polar surface area (TPSA) is 59.0 Å². The van der Waals surface area contributed by atoms with Crippen molar-refractivity contribution in [3.8, 4) is 5.75 Å². The highest BCUT2D eigenvalue weighted by Crippen LogP contribution is 2.69. The second kappa shape index (κ2) is 4.28. The molecule has 23 heavy (non-hydrogen) atoms. The van der Waals surface area contributed by atoms with Gasteiger partial charge in [-0.2, -0.15) is 0 Å². The van der Waals surface area contributed by atoms with E-state index in [1.807, 2.05) is 29.2 Å². The monoisotopic (exact) mass is 315 g/mol. The van der Waals surface area contributed by atoms with E-state index in [9.17, 15) is 9.90 Å². The molecule has 5 heteroatoms. The number of ether oxygens (including phenoxy) is 2. The zero-order valence-electron chi connectivity index (χ0n) is 13.3. The normalized spacial score (nSPS) is 46.0. The lowest BCUT2D eigenvalue weighted by Crippen LogP contribution is -2.51. The van der Waals surface area contributed by atoms with Gasteiger partial charge in [-0.25, -0.2) is 0 Å². The Balaban J connectivity index is 1.69. The summed E-state index contributed by atoms with van der Waals surface area (Å²) in [5.41, 5.74) is 0.156. The minimum atomic E-state index is -0.627. The van der Waals surface area contributed by atoms with E-state index in [0.717, 1.165) is 18.5 Å². The molecule has 5 rings (SSSR count). The predicted molar refractivity (Wildman–Crippen MR) is 83.0 cm³/mol. The summed E-state index contributed by atoms with van der Waals surface area (Å²) in [6.45, 7) is 2.07. The molecule has 2 saturated heterocycles. The molecule has 2 aliphatic heterocycles. The maximum absolute atomic E-state index is 13.3. The fourth-order valence-corrected chi connectivity index (χ4v) is 5.90. The number of nitrogens with zero attached hydrogens (tertiary/aromatic N) is 1. The third kappa shape index (κ3) is 1.36. The average Bonchev–Trinajstić information content (AvgIpc) is 3.23. The minimum absolute atomic E-state index is 0.0515. The number of rotatable bonds is 3. The number of aliphatic hydroxyl groups is 1. The molecule has 2 aliphatic carbocycles. The summed E-state index contributed by atoms with van der Waals surface area (Å²) in [6, 6.07) is 7.63. The molecule has 1 N–H and O–H groups in total. The van der Waals surface area contributed by atoms with Crippen LogP contribution in [0.3, 0.4) is 0 Å². The molecule has 2 heterocycles. The number of fused-ring (bicyclic) bond motifs is 2. The summed E-state index contributed by atoms with van der Waals surface area (Å²) in [5, 5.41) is 10.5. The Morgan fingerprint density at radius 1 is 1.39 bits per heavy atom. The van der Waals surface area contributed by atoms with Gasteiger partial charge in [-0.1, -0.05) is 19.1 Å². The van der Waals surface area contributed by atoms with Crippen molar-refractivity contribution < 1.29 is 19.4 Å². The van der Waals surface area contributed by atoms with Crippen LogP contribution in [0.15, 0.2) is 24.3 Å². The van der Waals surface area contributed by atoms with Gasteiger partial charge in [0.15, 0.2) is 5.72 Å². The third-order valence-electron chi connectivity index (χ3n) is 6.63. The van der Waals surface area contributed by atoms with E-state index in [2.05, 4.69) is 6.92 Å². The van der Waals surface area contributed by atoms with Gasteiger partial charge in [-0.15, -0.1) is 0 Å². The summed E-state index contributed by atoms with van der Waals surface area (Å²) >= 11 is 0. The molecule has 2 bridgehead atoms. The summed E-state index contributed by atoms with van der Waals surface area (Å²) < 4.78 is 11.9. The molecule has 0 radical (unpaired) electrons. The van der Waals surface area contributed by atoms with E-state index in [4.69, 9.17) is 9.47 Å². The second-order valence-electron chi connectivity index (χ2n) is 7.23. The zero-order chi connectivity index (χ0) is 15.9. The second-order valence-corrected chi connectivity index (χ2v) is 7.23. The van der Waals surface area contributed by atoms with Crippen LogP contribution < -0.4 is 9.64 Å². The van der Waals surface area contributed by atoms with Crippen molar-refractivity contribution in [2.24, 2.45) is 23.7 Å². The zero-order valence-corrected chi connectivity index (χ0v) is 13.3. The Morgan fingerprint density at radius 3 is 2.91 bits per heavy atom. The molecular formula is C18H21NO4. The molecule has 7 atom stereocenters. The molecule has 0 aromatic heterocycles. The molecule has 0 spiro atoms. The lowest BCUT2D eigenvalue weighted by molar-refractivity contribution is -0.133. The first kappa shape index (κ1) is 13.8. The van der Waals surface area contributed by atoms with E-state index in [1.165, 1.54) is 0 Å². The standard InChI is InChI=1S/C18H21NO4/c1-3-18-14-10-8-9(15(20)16(10)23-18)13(14)17(21)19(18)11-6-4-5-7-12(11)22-2/h4-7,9-10,13-16,20H,3,8H2,1-2H3/t9-,10-,13-,14-,15+,16-,18-/m0/s1. The molecule has 1 aromatic carbocycles. The molecular weight excluding hydrogens is 294 g/mol. The number of hydrogen-bond donors (Lipinski definition) is 1. The quantitative estimate of drug-likeness (QED) is 0.924. The van der Waals surface area contributed by atoms with Gasteiger partial charge in [0, 0.05) is 5.92 Å². The van der Waals surface area contributed by atoms with E-state index in [1.54, 1.807) is 7.11 Å². The van der Waals surface area contributed by atoms with Gasteiger partial charge in [-0.05, 0) is 36.8 Å². The van der Waals surface area contributed by atoms with Crippen LogP contribution in [-0.4, -0.2) is 36.1 Å². The highest BCUT2D eigenvalue weighted by Gasteiger charge is 2.78. The van der Waals surface area contributed by atoms with Gasteiger partial charge in [-0.3, -0.25) is 9.69 Å². The number of carbonyl (C=O) groups is 1. The van der Waals surface area contributed by atoms with Gasteiger partial charge in [0.2, 0.25) is 5.91 Å².